The number of rotatable bonds is 15. The van der Waals surface area contributed by atoms with Gasteiger partial charge in [0, 0.05) is 37.5 Å². The fourth-order valence-electron chi connectivity index (χ4n) is 4.53. The van der Waals surface area contributed by atoms with E-state index in [2.05, 4.69) is 5.32 Å². The van der Waals surface area contributed by atoms with E-state index in [9.17, 15) is 22.4 Å². The van der Waals surface area contributed by atoms with E-state index in [1.165, 1.54) is 23.1 Å². The Hall–Kier alpha value is -3.43. The molecule has 3 aromatic rings. The van der Waals surface area contributed by atoms with Crippen molar-refractivity contribution in [1.82, 2.24) is 10.2 Å². The molecule has 0 fully saturated rings. The van der Waals surface area contributed by atoms with E-state index >= 15 is 0 Å². The van der Waals surface area contributed by atoms with E-state index in [4.69, 9.17) is 11.6 Å². The molecule has 41 heavy (non-hydrogen) atoms. The number of carbonyl (C=O) groups is 2. The van der Waals surface area contributed by atoms with Gasteiger partial charge in [-0.15, -0.1) is 0 Å². The van der Waals surface area contributed by atoms with Crippen molar-refractivity contribution in [2.45, 2.75) is 51.6 Å². The number of hydrogen-bond donors (Lipinski definition) is 1. The average molecular weight is 602 g/mol. The highest BCUT2D eigenvalue weighted by Gasteiger charge is 2.30. The smallest absolute Gasteiger partial charge is 0.243 e. The minimum absolute atomic E-state index is 0.0471. The third-order valence-corrected chi connectivity index (χ3v) is 8.03. The number of unbranched alkanes of at least 4 members (excludes halogenated alkanes) is 1. The molecule has 10 heteroatoms. The van der Waals surface area contributed by atoms with Gasteiger partial charge in [-0.3, -0.25) is 13.9 Å². The molecule has 7 nitrogen and oxygen atoms in total. The highest BCUT2D eigenvalue weighted by Crippen LogP contribution is 2.23. The van der Waals surface area contributed by atoms with Crippen LogP contribution >= 0.6 is 11.6 Å². The maximum Gasteiger partial charge on any atom is 0.243 e. The summed E-state index contributed by atoms with van der Waals surface area (Å²) in [4.78, 5) is 28.8. The van der Waals surface area contributed by atoms with Gasteiger partial charge in [0.05, 0.1) is 11.9 Å². The molecule has 1 atom stereocenters. The number of benzene rings is 3. The van der Waals surface area contributed by atoms with Crippen LogP contribution in [-0.2, 0) is 32.6 Å². The lowest BCUT2D eigenvalue weighted by atomic mass is 10.0. The quantitative estimate of drug-likeness (QED) is 0.230. The third kappa shape index (κ3) is 9.86. The first-order valence-electron chi connectivity index (χ1n) is 13.7. The summed E-state index contributed by atoms with van der Waals surface area (Å²) in [6.07, 6.45) is 3.10. The molecule has 3 aromatic carbocycles. The molecule has 0 aliphatic heterocycles. The second-order valence-corrected chi connectivity index (χ2v) is 12.2. The first-order valence-corrected chi connectivity index (χ1v) is 15.9. The van der Waals surface area contributed by atoms with Crippen LogP contribution in [0.15, 0.2) is 78.9 Å². The summed E-state index contributed by atoms with van der Waals surface area (Å²) >= 11 is 6.22. The van der Waals surface area contributed by atoms with Crippen molar-refractivity contribution >= 4 is 39.1 Å². The summed E-state index contributed by atoms with van der Waals surface area (Å²) in [6.45, 7) is 2.57. The number of para-hydroxylation sites is 1. The lowest BCUT2D eigenvalue weighted by Crippen LogP contribution is -2.50. The zero-order chi connectivity index (χ0) is 29.8. The zero-order valence-electron chi connectivity index (χ0n) is 23.4. The van der Waals surface area contributed by atoms with Crippen molar-refractivity contribution in [2.24, 2.45) is 0 Å². The van der Waals surface area contributed by atoms with Crippen molar-refractivity contribution in [3.8, 4) is 0 Å². The molecule has 0 bridgehead atoms. The van der Waals surface area contributed by atoms with Crippen LogP contribution < -0.4 is 9.62 Å². The molecule has 0 heterocycles. The number of halogens is 2. The monoisotopic (exact) mass is 601 g/mol. The average Bonchev–Trinajstić information content (AvgIpc) is 2.93. The van der Waals surface area contributed by atoms with Crippen molar-refractivity contribution < 1.29 is 22.4 Å². The second kappa shape index (κ2) is 15.5. The van der Waals surface area contributed by atoms with Crippen LogP contribution in [0.2, 0.25) is 5.02 Å². The summed E-state index contributed by atoms with van der Waals surface area (Å²) < 4.78 is 40.4. The number of sulfonamides is 1. The van der Waals surface area contributed by atoms with E-state index in [1.54, 1.807) is 24.3 Å². The van der Waals surface area contributed by atoms with E-state index in [-0.39, 0.29) is 43.4 Å². The highest BCUT2D eigenvalue weighted by molar-refractivity contribution is 7.92. The molecular formula is C31H37ClFN3O4S. The molecule has 0 saturated heterocycles. The fourth-order valence-corrected chi connectivity index (χ4v) is 5.71. The van der Waals surface area contributed by atoms with Gasteiger partial charge >= 0.3 is 0 Å². The predicted octanol–water partition coefficient (Wildman–Crippen LogP) is 5.58. The topological polar surface area (TPSA) is 86.8 Å². The molecule has 0 aliphatic rings. The first-order chi connectivity index (χ1) is 19.6. The van der Waals surface area contributed by atoms with E-state index in [0.29, 0.717) is 18.0 Å². The van der Waals surface area contributed by atoms with Crippen LogP contribution in [0.5, 0.6) is 0 Å². The summed E-state index contributed by atoms with van der Waals surface area (Å²) in [5, 5.41) is 3.48. The van der Waals surface area contributed by atoms with Crippen molar-refractivity contribution in [2.75, 3.05) is 23.7 Å². The summed E-state index contributed by atoms with van der Waals surface area (Å²) in [5.41, 5.74) is 1.58. The molecule has 2 amide bonds. The number of anilines is 1. The van der Waals surface area contributed by atoms with Crippen molar-refractivity contribution in [1.29, 1.82) is 0 Å². The van der Waals surface area contributed by atoms with Gasteiger partial charge in [0.15, 0.2) is 0 Å². The molecule has 1 N–H and O–H groups in total. The van der Waals surface area contributed by atoms with Crippen LogP contribution in [-0.4, -0.2) is 50.5 Å². The van der Waals surface area contributed by atoms with Gasteiger partial charge in [0.2, 0.25) is 21.8 Å². The standard InChI is InChI=1S/C31H37ClFN3O4S/c1-3-4-19-34-31(38)29(22-24-12-6-5-7-13-24)35(23-25-14-10-15-26(32)21-25)30(37)18-11-20-36(41(2,39)40)28-17-9-8-16-27(28)33/h5-10,12-17,21,29H,3-4,11,18-20,22-23H2,1-2H3,(H,34,38)/t29-/m1/s1. The van der Waals surface area contributed by atoms with Gasteiger partial charge < -0.3 is 10.2 Å². The van der Waals surface area contributed by atoms with Crippen molar-refractivity contribution in [3.05, 3.63) is 101 Å². The van der Waals surface area contributed by atoms with E-state index in [0.717, 1.165) is 34.5 Å². The summed E-state index contributed by atoms with van der Waals surface area (Å²) in [5.74, 6) is -1.25. The SMILES string of the molecule is CCCCNC(=O)[C@@H](Cc1ccccc1)N(Cc1cccc(Cl)c1)C(=O)CCCN(c1ccccc1F)S(C)(=O)=O. The molecule has 0 spiro atoms. The number of hydrogen-bond acceptors (Lipinski definition) is 4. The number of carbonyl (C=O) groups excluding carboxylic acids is 2. The lowest BCUT2D eigenvalue weighted by molar-refractivity contribution is -0.141. The maximum atomic E-state index is 14.5. The fraction of sp³-hybridized carbons (Fsp3) is 0.355. The van der Waals surface area contributed by atoms with Gasteiger partial charge in [-0.2, -0.15) is 0 Å². The minimum Gasteiger partial charge on any atom is -0.354 e. The minimum atomic E-state index is -3.81. The molecule has 220 valence electrons. The third-order valence-electron chi connectivity index (χ3n) is 6.62. The number of nitrogens with one attached hydrogen (secondary N) is 1. The van der Waals surface area contributed by atoms with Crippen LogP contribution in [0, 0.1) is 5.82 Å². The van der Waals surface area contributed by atoms with Crippen LogP contribution in [0.3, 0.4) is 0 Å². The maximum absolute atomic E-state index is 14.5. The largest absolute Gasteiger partial charge is 0.354 e. The Bertz CT molecular complexity index is 1410. The van der Waals surface area contributed by atoms with Gasteiger partial charge in [-0.25, -0.2) is 12.8 Å². The molecule has 0 aliphatic carbocycles. The molecular weight excluding hydrogens is 565 g/mol. The number of nitrogens with zero attached hydrogens (tertiary/aromatic N) is 2. The Morgan fingerprint density at radius 3 is 2.29 bits per heavy atom. The molecule has 0 radical (unpaired) electrons. The first kappa shape index (κ1) is 32.1. The molecule has 3 rings (SSSR count). The van der Waals surface area contributed by atoms with E-state index < -0.39 is 21.9 Å². The predicted molar refractivity (Wildman–Crippen MR) is 162 cm³/mol. The molecule has 0 unspecified atom stereocenters. The van der Waals surface area contributed by atoms with Gasteiger partial charge in [-0.05, 0) is 48.2 Å². The molecule has 0 aromatic heterocycles. The highest BCUT2D eigenvalue weighted by atomic mass is 35.5. The Balaban J connectivity index is 1.88. The Labute approximate surface area is 247 Å². The van der Waals surface area contributed by atoms with E-state index in [1.807, 2.05) is 43.3 Å². The Morgan fingerprint density at radius 2 is 1.63 bits per heavy atom. The normalized spacial score (nSPS) is 12.0. The van der Waals surface area contributed by atoms with Gasteiger partial charge in [0.1, 0.15) is 11.9 Å². The summed E-state index contributed by atoms with van der Waals surface area (Å²) in [7, 11) is -3.81. The van der Waals surface area contributed by atoms with Crippen LogP contribution in [0.1, 0.15) is 43.7 Å². The van der Waals surface area contributed by atoms with Crippen LogP contribution in [0.25, 0.3) is 0 Å². The van der Waals surface area contributed by atoms with Gasteiger partial charge in [0.25, 0.3) is 0 Å². The van der Waals surface area contributed by atoms with Crippen LogP contribution in [0.4, 0.5) is 10.1 Å². The Kier molecular flexibility index (Phi) is 12.2. The van der Waals surface area contributed by atoms with Gasteiger partial charge in [-0.1, -0.05) is 79.5 Å². The molecule has 0 saturated carbocycles. The number of amides is 2. The lowest BCUT2D eigenvalue weighted by Gasteiger charge is -2.32. The summed E-state index contributed by atoms with van der Waals surface area (Å²) in [6, 6.07) is 21.4. The Morgan fingerprint density at radius 1 is 0.951 bits per heavy atom. The van der Waals surface area contributed by atoms with Crippen molar-refractivity contribution in [3.63, 3.8) is 0 Å². The zero-order valence-corrected chi connectivity index (χ0v) is 25.0. The second-order valence-electron chi connectivity index (χ2n) is 9.89.